The Morgan fingerprint density at radius 3 is 1.74 bits per heavy atom. The molecule has 0 saturated heterocycles. The second-order valence-electron chi connectivity index (χ2n) is 7.97. The molecule has 0 amide bonds. The number of carboxylic acid groups (broad SMARTS) is 1. The van der Waals surface area contributed by atoms with E-state index in [0.717, 1.165) is 22.8 Å². The lowest BCUT2D eigenvalue weighted by Crippen LogP contribution is -2.38. The second kappa shape index (κ2) is 8.45. The van der Waals surface area contributed by atoms with Gasteiger partial charge in [-0.15, -0.1) is 0 Å². The fourth-order valence-electron chi connectivity index (χ4n) is 4.64. The molecular weight excluding hydrogens is 427 g/mol. The van der Waals surface area contributed by atoms with Crippen molar-refractivity contribution in [2.75, 3.05) is 0 Å². The molecule has 34 heavy (non-hydrogen) atoms. The number of carbonyl (C=O) groups is 1. The van der Waals surface area contributed by atoms with Crippen molar-refractivity contribution in [1.82, 2.24) is 9.78 Å². The van der Waals surface area contributed by atoms with Crippen LogP contribution >= 0.6 is 0 Å². The van der Waals surface area contributed by atoms with Gasteiger partial charge in [0.15, 0.2) is 0 Å². The van der Waals surface area contributed by atoms with Crippen molar-refractivity contribution in [3.63, 3.8) is 0 Å². The molecule has 0 saturated carbocycles. The van der Waals surface area contributed by atoms with Crippen molar-refractivity contribution in [1.29, 1.82) is 0 Å². The van der Waals surface area contributed by atoms with Crippen LogP contribution in [0, 0.1) is 5.82 Å². The van der Waals surface area contributed by atoms with Gasteiger partial charge in [-0.3, -0.25) is 0 Å². The summed E-state index contributed by atoms with van der Waals surface area (Å²) in [7, 11) is 0. The van der Waals surface area contributed by atoms with E-state index in [4.69, 9.17) is 5.10 Å². The first-order valence-corrected chi connectivity index (χ1v) is 10.8. The molecular formula is C29H21FN2O2. The summed E-state index contributed by atoms with van der Waals surface area (Å²) in [6, 6.07) is 31.9. The zero-order chi connectivity index (χ0) is 23.7. The summed E-state index contributed by atoms with van der Waals surface area (Å²) in [5.41, 5.74) is 2.09. The molecule has 0 bridgehead atoms. The molecule has 166 valence electrons. The molecule has 0 aliphatic heterocycles. The third-order valence-electron chi connectivity index (χ3n) is 6.09. The van der Waals surface area contributed by atoms with Crippen molar-refractivity contribution in [2.45, 2.75) is 5.54 Å². The van der Waals surface area contributed by atoms with Gasteiger partial charge >= 0.3 is 5.97 Å². The number of hydrogen-bond donors (Lipinski definition) is 1. The summed E-state index contributed by atoms with van der Waals surface area (Å²) in [6.45, 7) is 3.85. The van der Waals surface area contributed by atoms with E-state index in [2.05, 4.69) is 6.58 Å². The maximum absolute atomic E-state index is 15.7. The number of fused-ring (bicyclic) bond motifs is 1. The van der Waals surface area contributed by atoms with E-state index in [9.17, 15) is 9.90 Å². The van der Waals surface area contributed by atoms with Crippen LogP contribution in [0.15, 0.2) is 110 Å². The molecule has 0 radical (unpaired) electrons. The van der Waals surface area contributed by atoms with E-state index >= 15 is 4.39 Å². The number of aromatic carboxylic acids is 1. The fourth-order valence-corrected chi connectivity index (χ4v) is 4.64. The first kappa shape index (κ1) is 21.3. The first-order valence-electron chi connectivity index (χ1n) is 10.8. The van der Waals surface area contributed by atoms with Gasteiger partial charge in [-0.05, 0) is 34.9 Å². The second-order valence-corrected chi connectivity index (χ2v) is 7.97. The number of nitrogens with zero attached hydrogens (tertiary/aromatic N) is 2. The molecule has 0 spiro atoms. The molecule has 1 N–H and O–H groups in total. The highest BCUT2D eigenvalue weighted by molar-refractivity contribution is 5.96. The molecule has 5 aromatic rings. The number of rotatable bonds is 6. The Hall–Kier alpha value is -4.51. The lowest BCUT2D eigenvalue weighted by atomic mass is 9.77. The third kappa shape index (κ3) is 3.21. The number of halogens is 1. The molecule has 0 atom stereocenters. The molecule has 1 aromatic heterocycles. The fraction of sp³-hybridized carbons (Fsp3) is 0.0345. The van der Waals surface area contributed by atoms with Gasteiger partial charge in [0.1, 0.15) is 16.9 Å². The van der Waals surface area contributed by atoms with E-state index in [1.165, 1.54) is 12.1 Å². The van der Waals surface area contributed by atoms with Gasteiger partial charge < -0.3 is 5.11 Å². The normalized spacial score (nSPS) is 11.4. The van der Waals surface area contributed by atoms with Gasteiger partial charge in [0.05, 0.1) is 11.3 Å². The molecule has 0 fully saturated rings. The van der Waals surface area contributed by atoms with Crippen LogP contribution in [-0.4, -0.2) is 20.9 Å². The Balaban J connectivity index is 2.01. The largest absolute Gasteiger partial charge is 0.478 e. The topological polar surface area (TPSA) is 55.1 Å². The highest BCUT2D eigenvalue weighted by atomic mass is 19.1. The third-order valence-corrected chi connectivity index (χ3v) is 6.09. The smallest absolute Gasteiger partial charge is 0.335 e. The van der Waals surface area contributed by atoms with E-state index in [0.29, 0.717) is 11.1 Å². The maximum Gasteiger partial charge on any atom is 0.335 e. The molecule has 4 nitrogen and oxygen atoms in total. The summed E-state index contributed by atoms with van der Waals surface area (Å²) in [4.78, 5) is 11.6. The summed E-state index contributed by atoms with van der Waals surface area (Å²) in [5.74, 6) is -1.87. The predicted octanol–water partition coefficient (Wildman–Crippen LogP) is 6.36. The average molecular weight is 448 g/mol. The summed E-state index contributed by atoms with van der Waals surface area (Å²) in [5, 5.41) is 14.7. The van der Waals surface area contributed by atoms with Gasteiger partial charge in [0.25, 0.3) is 0 Å². The summed E-state index contributed by atoms with van der Waals surface area (Å²) in [6.07, 6.45) is 1.52. The van der Waals surface area contributed by atoms with Crippen LogP contribution in [0.1, 0.15) is 32.7 Å². The molecule has 0 aliphatic rings. The first-order chi connectivity index (χ1) is 16.6. The van der Waals surface area contributed by atoms with Crippen LogP contribution in [0.25, 0.3) is 17.0 Å². The SMILES string of the molecule is C=Cc1nn(C(c2ccccc2)(c2ccccc2)c2ccccc2)c2c(F)cc(C(=O)O)cc12. The zero-order valence-electron chi connectivity index (χ0n) is 18.2. The highest BCUT2D eigenvalue weighted by Gasteiger charge is 2.41. The summed E-state index contributed by atoms with van der Waals surface area (Å²) < 4.78 is 17.4. The van der Waals surface area contributed by atoms with E-state index in [-0.39, 0.29) is 11.1 Å². The summed E-state index contributed by atoms with van der Waals surface area (Å²) >= 11 is 0. The van der Waals surface area contributed by atoms with Crippen molar-refractivity contribution < 1.29 is 14.3 Å². The van der Waals surface area contributed by atoms with Gasteiger partial charge in [0, 0.05) is 5.39 Å². The lowest BCUT2D eigenvalue weighted by molar-refractivity contribution is 0.0696. The Morgan fingerprint density at radius 2 is 1.32 bits per heavy atom. The number of benzene rings is 4. The Morgan fingerprint density at radius 1 is 0.853 bits per heavy atom. The highest BCUT2D eigenvalue weighted by Crippen LogP contribution is 2.43. The predicted molar refractivity (Wildman–Crippen MR) is 131 cm³/mol. The molecule has 0 aliphatic carbocycles. The Bertz CT molecular complexity index is 1400. The standard InChI is InChI=1S/C29H21FN2O2/c1-2-26-24-18-20(28(33)34)19-25(30)27(24)32(31-26)29(21-12-6-3-7-13-21,22-14-8-4-9-15-22)23-16-10-5-11-17-23/h2-19H,1H2,(H,33,34). The van der Waals surface area contributed by atoms with Crippen molar-refractivity contribution in [2.24, 2.45) is 0 Å². The molecule has 4 aromatic carbocycles. The van der Waals surface area contributed by atoms with E-state index in [1.807, 2.05) is 91.0 Å². The minimum Gasteiger partial charge on any atom is -0.478 e. The maximum atomic E-state index is 15.7. The van der Waals surface area contributed by atoms with Crippen molar-refractivity contribution >= 4 is 22.9 Å². The molecule has 5 heteroatoms. The van der Waals surface area contributed by atoms with Gasteiger partial charge in [-0.2, -0.15) is 5.10 Å². The van der Waals surface area contributed by atoms with Crippen molar-refractivity contribution in [3.05, 3.63) is 143 Å². The van der Waals surface area contributed by atoms with Crippen LogP contribution in [0.2, 0.25) is 0 Å². The van der Waals surface area contributed by atoms with Gasteiger partial charge in [-0.25, -0.2) is 13.9 Å². The minimum atomic E-state index is -1.20. The number of hydrogen-bond acceptors (Lipinski definition) is 2. The quantitative estimate of drug-likeness (QED) is 0.308. The molecule has 1 heterocycles. The van der Waals surface area contributed by atoms with Crippen LogP contribution < -0.4 is 0 Å². The molecule has 5 rings (SSSR count). The van der Waals surface area contributed by atoms with Gasteiger partial charge in [0.2, 0.25) is 0 Å². The van der Waals surface area contributed by atoms with Crippen molar-refractivity contribution in [3.8, 4) is 0 Å². The number of carboxylic acids is 1. The van der Waals surface area contributed by atoms with Crippen LogP contribution in [0.4, 0.5) is 4.39 Å². The monoisotopic (exact) mass is 448 g/mol. The van der Waals surface area contributed by atoms with Gasteiger partial charge in [-0.1, -0.05) is 97.6 Å². The van der Waals surface area contributed by atoms with Crippen LogP contribution in [-0.2, 0) is 5.54 Å². The molecule has 0 unspecified atom stereocenters. The number of aromatic nitrogens is 2. The zero-order valence-corrected chi connectivity index (χ0v) is 18.2. The Labute approximate surface area is 196 Å². The van der Waals surface area contributed by atoms with Crippen LogP contribution in [0.3, 0.4) is 0 Å². The average Bonchev–Trinajstić information content (AvgIpc) is 3.26. The Kier molecular flexibility index (Phi) is 5.30. The van der Waals surface area contributed by atoms with E-state index < -0.39 is 17.3 Å². The lowest BCUT2D eigenvalue weighted by Gasteiger charge is -2.37. The van der Waals surface area contributed by atoms with E-state index in [1.54, 1.807) is 4.68 Å². The van der Waals surface area contributed by atoms with Crippen LogP contribution in [0.5, 0.6) is 0 Å². The minimum absolute atomic E-state index is 0.141.